The van der Waals surface area contributed by atoms with Crippen molar-refractivity contribution in [1.29, 1.82) is 0 Å². The molecule has 6 heteroatoms. The van der Waals surface area contributed by atoms with Gasteiger partial charge in [0.2, 0.25) is 0 Å². The van der Waals surface area contributed by atoms with Crippen LogP contribution in [0.5, 0.6) is 0 Å². The fourth-order valence-corrected chi connectivity index (χ4v) is 3.30. The van der Waals surface area contributed by atoms with Crippen LogP contribution in [-0.2, 0) is 6.54 Å². The lowest BCUT2D eigenvalue weighted by molar-refractivity contribution is 0.141. The molecule has 2 rings (SSSR count). The van der Waals surface area contributed by atoms with Gasteiger partial charge in [-0.15, -0.1) is 24.0 Å². The van der Waals surface area contributed by atoms with Crippen LogP contribution in [0.1, 0.15) is 39.2 Å². The molecule has 142 valence electrons. The maximum Gasteiger partial charge on any atom is 0.191 e. The topological polar surface area (TPSA) is 39.7 Å². The lowest BCUT2D eigenvalue weighted by Gasteiger charge is -2.35. The molecule has 0 aromatic heterocycles. The molecule has 0 spiro atoms. The van der Waals surface area contributed by atoms with Crippen LogP contribution in [0.4, 0.5) is 0 Å². The Morgan fingerprint density at radius 3 is 2.76 bits per heavy atom. The lowest BCUT2D eigenvalue weighted by Crippen LogP contribution is -2.46. The molecule has 0 radical (unpaired) electrons. The summed E-state index contributed by atoms with van der Waals surface area (Å²) in [6, 6.07) is 8.52. The molecule has 4 nitrogen and oxygen atoms in total. The maximum atomic E-state index is 6.21. The van der Waals surface area contributed by atoms with Crippen molar-refractivity contribution in [2.24, 2.45) is 10.9 Å². The third-order valence-electron chi connectivity index (χ3n) is 4.55. The monoisotopic (exact) mass is 478 g/mol. The van der Waals surface area contributed by atoms with Crippen molar-refractivity contribution in [3.05, 3.63) is 34.9 Å². The highest BCUT2D eigenvalue weighted by Crippen LogP contribution is 2.18. The molecular formula is C19H32ClIN4. The SMILES string of the molecule is CCNC(=NCc1ccccc1Cl)NCC1CCCN(C(C)C)C1.I. The number of guanidine groups is 1. The third-order valence-corrected chi connectivity index (χ3v) is 4.92. The van der Waals surface area contributed by atoms with E-state index in [0.717, 1.165) is 29.6 Å². The van der Waals surface area contributed by atoms with Crippen LogP contribution >= 0.6 is 35.6 Å². The Labute approximate surface area is 174 Å². The van der Waals surface area contributed by atoms with Crippen molar-refractivity contribution in [2.45, 2.75) is 46.2 Å². The number of hydrogen-bond donors (Lipinski definition) is 2. The molecule has 1 aliphatic heterocycles. The van der Waals surface area contributed by atoms with Gasteiger partial charge in [0.1, 0.15) is 0 Å². The van der Waals surface area contributed by atoms with Gasteiger partial charge in [0.15, 0.2) is 5.96 Å². The van der Waals surface area contributed by atoms with E-state index in [1.54, 1.807) is 0 Å². The van der Waals surface area contributed by atoms with Crippen molar-refractivity contribution < 1.29 is 0 Å². The van der Waals surface area contributed by atoms with Crippen LogP contribution in [0.3, 0.4) is 0 Å². The fraction of sp³-hybridized carbons (Fsp3) is 0.632. The predicted octanol–water partition coefficient (Wildman–Crippen LogP) is 4.13. The Balaban J connectivity index is 0.00000312. The molecule has 1 aromatic rings. The van der Waals surface area contributed by atoms with Gasteiger partial charge in [-0.05, 0) is 57.7 Å². The summed E-state index contributed by atoms with van der Waals surface area (Å²) in [4.78, 5) is 7.25. The molecule has 1 heterocycles. The number of nitrogens with one attached hydrogen (secondary N) is 2. The molecule has 0 aliphatic carbocycles. The number of piperidine rings is 1. The van der Waals surface area contributed by atoms with E-state index in [9.17, 15) is 0 Å². The number of nitrogens with zero attached hydrogens (tertiary/aromatic N) is 2. The zero-order valence-electron chi connectivity index (χ0n) is 15.6. The highest BCUT2D eigenvalue weighted by atomic mass is 127. The van der Waals surface area contributed by atoms with Gasteiger partial charge in [0.25, 0.3) is 0 Å². The van der Waals surface area contributed by atoms with Crippen LogP contribution in [0.2, 0.25) is 5.02 Å². The van der Waals surface area contributed by atoms with Crippen molar-refractivity contribution in [1.82, 2.24) is 15.5 Å². The fourth-order valence-electron chi connectivity index (χ4n) is 3.11. The highest BCUT2D eigenvalue weighted by molar-refractivity contribution is 14.0. The first-order valence-electron chi connectivity index (χ1n) is 9.09. The number of rotatable bonds is 6. The van der Waals surface area contributed by atoms with Gasteiger partial charge in [-0.3, -0.25) is 0 Å². The van der Waals surface area contributed by atoms with E-state index >= 15 is 0 Å². The molecule has 2 N–H and O–H groups in total. The first-order chi connectivity index (χ1) is 11.6. The van der Waals surface area contributed by atoms with Crippen molar-refractivity contribution in [3.63, 3.8) is 0 Å². The predicted molar refractivity (Wildman–Crippen MR) is 119 cm³/mol. The first-order valence-corrected chi connectivity index (χ1v) is 9.47. The Kier molecular flexibility index (Phi) is 10.8. The van der Waals surface area contributed by atoms with E-state index in [1.165, 1.54) is 25.9 Å². The smallest absolute Gasteiger partial charge is 0.191 e. The molecule has 0 bridgehead atoms. The maximum absolute atomic E-state index is 6.21. The van der Waals surface area contributed by atoms with Gasteiger partial charge in [-0.2, -0.15) is 0 Å². The number of aliphatic imine (C=N–C) groups is 1. The van der Waals surface area contributed by atoms with E-state index in [2.05, 4.69) is 41.3 Å². The highest BCUT2D eigenvalue weighted by Gasteiger charge is 2.21. The minimum absolute atomic E-state index is 0. The van der Waals surface area contributed by atoms with Crippen LogP contribution in [0.15, 0.2) is 29.3 Å². The molecule has 25 heavy (non-hydrogen) atoms. The molecule has 0 saturated carbocycles. The molecule has 0 amide bonds. The normalized spacial score (nSPS) is 18.8. The Morgan fingerprint density at radius 1 is 1.32 bits per heavy atom. The largest absolute Gasteiger partial charge is 0.357 e. The number of likely N-dealkylation sites (tertiary alicyclic amines) is 1. The van der Waals surface area contributed by atoms with Crippen LogP contribution in [0.25, 0.3) is 0 Å². The zero-order chi connectivity index (χ0) is 17.4. The van der Waals surface area contributed by atoms with E-state index < -0.39 is 0 Å². The number of hydrogen-bond acceptors (Lipinski definition) is 2. The van der Waals surface area contributed by atoms with Crippen LogP contribution in [0, 0.1) is 5.92 Å². The Morgan fingerprint density at radius 2 is 2.08 bits per heavy atom. The van der Waals surface area contributed by atoms with Gasteiger partial charge in [-0.1, -0.05) is 29.8 Å². The second-order valence-corrected chi connectivity index (χ2v) is 7.17. The summed E-state index contributed by atoms with van der Waals surface area (Å²) in [7, 11) is 0. The standard InChI is InChI=1S/C19H31ClN4.HI/c1-4-21-19(23-13-17-9-5-6-10-18(17)20)22-12-16-8-7-11-24(14-16)15(2)3;/h5-6,9-10,15-16H,4,7-8,11-14H2,1-3H3,(H2,21,22,23);1H. The summed E-state index contributed by atoms with van der Waals surface area (Å²) in [6.07, 6.45) is 2.58. The Hall–Kier alpha value is -0.530. The summed E-state index contributed by atoms with van der Waals surface area (Å²) >= 11 is 6.21. The lowest BCUT2D eigenvalue weighted by atomic mass is 9.97. The minimum Gasteiger partial charge on any atom is -0.357 e. The molecule has 1 unspecified atom stereocenters. The van der Waals surface area contributed by atoms with Crippen LogP contribution < -0.4 is 10.6 Å². The van der Waals surface area contributed by atoms with E-state index in [1.807, 2.05) is 24.3 Å². The summed E-state index contributed by atoms with van der Waals surface area (Å²) in [5, 5.41) is 7.61. The average Bonchev–Trinajstić information content (AvgIpc) is 2.59. The summed E-state index contributed by atoms with van der Waals surface area (Å²) < 4.78 is 0. The van der Waals surface area contributed by atoms with Gasteiger partial charge in [-0.25, -0.2) is 4.99 Å². The molecular weight excluding hydrogens is 447 g/mol. The second-order valence-electron chi connectivity index (χ2n) is 6.76. The minimum atomic E-state index is 0. The molecule has 1 fully saturated rings. The third kappa shape index (κ3) is 7.71. The molecule has 1 aromatic carbocycles. The summed E-state index contributed by atoms with van der Waals surface area (Å²) in [6.45, 7) is 11.5. The van der Waals surface area contributed by atoms with Crippen LogP contribution in [-0.4, -0.2) is 43.1 Å². The van der Waals surface area contributed by atoms with Gasteiger partial charge in [0.05, 0.1) is 6.54 Å². The van der Waals surface area contributed by atoms with Crippen molar-refractivity contribution in [3.8, 4) is 0 Å². The zero-order valence-corrected chi connectivity index (χ0v) is 18.7. The van der Waals surface area contributed by atoms with Gasteiger partial charge >= 0.3 is 0 Å². The summed E-state index contributed by atoms with van der Waals surface area (Å²) in [5.41, 5.74) is 1.06. The summed E-state index contributed by atoms with van der Waals surface area (Å²) in [5.74, 6) is 1.56. The molecule has 1 saturated heterocycles. The van der Waals surface area contributed by atoms with Gasteiger partial charge in [0, 0.05) is 30.7 Å². The van der Waals surface area contributed by atoms with E-state index in [0.29, 0.717) is 18.5 Å². The van der Waals surface area contributed by atoms with Gasteiger partial charge < -0.3 is 15.5 Å². The van der Waals surface area contributed by atoms with E-state index in [4.69, 9.17) is 11.6 Å². The number of halogens is 2. The molecule has 1 aliphatic rings. The Bertz CT molecular complexity index is 536. The second kappa shape index (κ2) is 12.0. The quantitative estimate of drug-likeness (QED) is 0.367. The van der Waals surface area contributed by atoms with Crippen molar-refractivity contribution in [2.75, 3.05) is 26.2 Å². The number of benzene rings is 1. The molecule has 1 atom stereocenters. The first kappa shape index (κ1) is 22.5. The average molecular weight is 479 g/mol. The van der Waals surface area contributed by atoms with Crippen molar-refractivity contribution >= 4 is 41.5 Å². The van der Waals surface area contributed by atoms with E-state index in [-0.39, 0.29) is 24.0 Å².